The van der Waals surface area contributed by atoms with Crippen LogP contribution in [0.5, 0.6) is 0 Å². The number of rotatable bonds is 7. The van der Waals surface area contributed by atoms with Crippen LogP contribution >= 0.6 is 0 Å². The molecule has 2 nitrogen and oxygen atoms in total. The lowest BCUT2D eigenvalue weighted by molar-refractivity contribution is 0.627. The maximum atomic E-state index is 6.75. The van der Waals surface area contributed by atoms with Crippen molar-refractivity contribution >= 4 is 39.0 Å². The molecule has 1 aromatic heterocycles. The van der Waals surface area contributed by atoms with Gasteiger partial charge in [0.05, 0.1) is 0 Å². The molecule has 63 heavy (non-hydrogen) atoms. The van der Waals surface area contributed by atoms with Gasteiger partial charge in [0, 0.05) is 38.8 Å². The van der Waals surface area contributed by atoms with E-state index in [1.165, 1.54) is 83.1 Å². The van der Waals surface area contributed by atoms with Crippen molar-refractivity contribution in [2.45, 2.75) is 44.4 Å². The Balaban J connectivity index is 0.967. The van der Waals surface area contributed by atoms with Crippen molar-refractivity contribution in [3.05, 3.63) is 234 Å². The number of hydrogen-bond donors (Lipinski definition) is 0. The summed E-state index contributed by atoms with van der Waals surface area (Å²) in [6.45, 7) is 4.76. The second-order valence-electron chi connectivity index (χ2n) is 18.0. The zero-order chi connectivity index (χ0) is 42.1. The topological polar surface area (TPSA) is 16.4 Å². The second kappa shape index (κ2) is 14.9. The van der Waals surface area contributed by atoms with Crippen LogP contribution in [0.15, 0.2) is 211 Å². The highest BCUT2D eigenvalue weighted by Crippen LogP contribution is 2.53. The van der Waals surface area contributed by atoms with E-state index in [2.05, 4.69) is 225 Å². The smallest absolute Gasteiger partial charge is 0.136 e. The highest BCUT2D eigenvalue weighted by molar-refractivity contribution is 6.17. The van der Waals surface area contributed by atoms with Gasteiger partial charge < -0.3 is 9.32 Å². The van der Waals surface area contributed by atoms with Gasteiger partial charge in [0.15, 0.2) is 0 Å². The second-order valence-corrected chi connectivity index (χ2v) is 18.0. The minimum atomic E-state index is -0.107. The van der Waals surface area contributed by atoms with Gasteiger partial charge in [-0.3, -0.25) is 0 Å². The molecule has 1 unspecified atom stereocenters. The molecule has 0 bridgehead atoms. The zero-order valence-electron chi connectivity index (χ0n) is 35.7. The Morgan fingerprint density at radius 3 is 1.98 bits per heavy atom. The van der Waals surface area contributed by atoms with Crippen LogP contribution in [0.3, 0.4) is 0 Å². The molecule has 0 saturated carbocycles. The number of para-hydroxylation sites is 2. The van der Waals surface area contributed by atoms with Crippen LogP contribution < -0.4 is 4.90 Å². The first-order chi connectivity index (χ1) is 31.0. The fraction of sp³-hybridized carbons (Fsp3) is 0.115. The molecule has 0 aliphatic heterocycles. The molecule has 302 valence electrons. The summed E-state index contributed by atoms with van der Waals surface area (Å²) in [5.74, 6) is 0.323. The molecule has 9 aromatic carbocycles. The average Bonchev–Trinajstić information content (AvgIpc) is 3.76. The van der Waals surface area contributed by atoms with E-state index in [1.54, 1.807) is 0 Å². The van der Waals surface area contributed by atoms with Crippen molar-refractivity contribution in [1.82, 2.24) is 0 Å². The Morgan fingerprint density at radius 2 is 1.14 bits per heavy atom. The van der Waals surface area contributed by atoms with Crippen LogP contribution in [-0.4, -0.2) is 0 Å². The number of fused-ring (bicyclic) bond motifs is 9. The van der Waals surface area contributed by atoms with Gasteiger partial charge in [-0.1, -0.05) is 166 Å². The third kappa shape index (κ3) is 6.23. The van der Waals surface area contributed by atoms with Gasteiger partial charge in [0.1, 0.15) is 11.2 Å². The molecular weight excluding hydrogens is 763 g/mol. The average molecular weight is 810 g/mol. The van der Waals surface area contributed by atoms with E-state index in [9.17, 15) is 0 Å². The Labute approximate surface area is 369 Å². The van der Waals surface area contributed by atoms with Crippen molar-refractivity contribution in [2.75, 3.05) is 4.90 Å². The fourth-order valence-electron chi connectivity index (χ4n) is 10.9. The lowest BCUT2D eigenvalue weighted by Gasteiger charge is -2.26. The van der Waals surface area contributed by atoms with Crippen LogP contribution in [0.2, 0.25) is 0 Å². The largest absolute Gasteiger partial charge is 0.456 e. The molecule has 2 heteroatoms. The monoisotopic (exact) mass is 809 g/mol. The summed E-state index contributed by atoms with van der Waals surface area (Å²) >= 11 is 0. The molecule has 12 rings (SSSR count). The number of furan rings is 1. The number of aryl methyl sites for hydroxylation is 1. The first-order valence-electron chi connectivity index (χ1n) is 22.4. The molecule has 2 aliphatic carbocycles. The summed E-state index contributed by atoms with van der Waals surface area (Å²) in [4.78, 5) is 2.39. The maximum absolute atomic E-state index is 6.75. The van der Waals surface area contributed by atoms with E-state index in [-0.39, 0.29) is 5.41 Å². The molecule has 0 N–H and O–H groups in total. The lowest BCUT2D eigenvalue weighted by Crippen LogP contribution is -2.14. The van der Waals surface area contributed by atoms with Gasteiger partial charge >= 0.3 is 0 Å². The van der Waals surface area contributed by atoms with Crippen LogP contribution in [0, 0.1) is 0 Å². The quantitative estimate of drug-likeness (QED) is 0.159. The minimum absolute atomic E-state index is 0.107. The van der Waals surface area contributed by atoms with Gasteiger partial charge in [-0.15, -0.1) is 0 Å². The van der Waals surface area contributed by atoms with Crippen molar-refractivity contribution in [2.24, 2.45) is 0 Å². The Kier molecular flexibility index (Phi) is 8.83. The van der Waals surface area contributed by atoms with Crippen LogP contribution in [0.4, 0.5) is 17.1 Å². The number of nitrogens with zero attached hydrogens (tertiary/aromatic N) is 1. The SMILES string of the molecule is CC1(C)c2ccccc2-c2ccc(-c3c4c(cc5oc6ccccc6c35)CCC(Cc3cccc(N(c5ccccc5)c5ccc(-c6ccccc6)cc5)c3)c3ccccc3-4)cc21. The van der Waals surface area contributed by atoms with E-state index in [0.29, 0.717) is 5.92 Å². The van der Waals surface area contributed by atoms with E-state index < -0.39 is 0 Å². The first kappa shape index (κ1) is 37.4. The predicted molar refractivity (Wildman–Crippen MR) is 263 cm³/mol. The maximum Gasteiger partial charge on any atom is 0.136 e. The highest BCUT2D eigenvalue weighted by Gasteiger charge is 2.36. The van der Waals surface area contributed by atoms with E-state index >= 15 is 0 Å². The molecular formula is C61H47NO. The van der Waals surface area contributed by atoms with Gasteiger partial charge in [-0.2, -0.15) is 0 Å². The Hall–Kier alpha value is -7.42. The standard InChI is InChI=1S/C61H47NO/c1-61(2)54-26-13-11-23-50(54)51-35-32-44(38-55(51)61)59-58-45(39-57-60(59)53-25-12-14-27-56(53)63-57)29-28-43(49-22-9-10-24-52(49)58)36-40-16-15-21-48(37-40)62(46-19-7-4-8-20-46)47-33-30-42(31-34-47)41-17-5-3-6-18-41/h3-27,30-35,37-39,43H,28-29,36H2,1-2H3. The molecule has 10 aromatic rings. The first-order valence-corrected chi connectivity index (χ1v) is 22.4. The summed E-state index contributed by atoms with van der Waals surface area (Å²) in [7, 11) is 0. The van der Waals surface area contributed by atoms with Crippen molar-refractivity contribution in [3.8, 4) is 44.5 Å². The van der Waals surface area contributed by atoms with Crippen LogP contribution in [0.1, 0.15) is 54.0 Å². The molecule has 0 fully saturated rings. The van der Waals surface area contributed by atoms with Crippen molar-refractivity contribution < 1.29 is 4.42 Å². The van der Waals surface area contributed by atoms with Crippen molar-refractivity contribution in [3.63, 3.8) is 0 Å². The van der Waals surface area contributed by atoms with Crippen LogP contribution in [-0.2, 0) is 18.3 Å². The van der Waals surface area contributed by atoms with E-state index in [1.807, 2.05) is 0 Å². The molecule has 0 spiro atoms. The van der Waals surface area contributed by atoms with Gasteiger partial charge in [-0.05, 0) is 147 Å². The van der Waals surface area contributed by atoms with E-state index in [0.717, 1.165) is 47.5 Å². The van der Waals surface area contributed by atoms with Crippen LogP contribution in [0.25, 0.3) is 66.4 Å². The van der Waals surface area contributed by atoms with Gasteiger partial charge in [-0.25, -0.2) is 0 Å². The normalized spacial score (nSPS) is 14.7. The third-order valence-electron chi connectivity index (χ3n) is 14.0. The molecule has 1 heterocycles. The Morgan fingerprint density at radius 1 is 0.492 bits per heavy atom. The molecule has 0 saturated heterocycles. The number of hydrogen-bond acceptors (Lipinski definition) is 2. The minimum Gasteiger partial charge on any atom is -0.456 e. The fourth-order valence-corrected chi connectivity index (χ4v) is 10.9. The molecule has 0 amide bonds. The number of benzene rings is 9. The zero-order valence-corrected chi connectivity index (χ0v) is 35.7. The molecule has 0 radical (unpaired) electrons. The van der Waals surface area contributed by atoms with Gasteiger partial charge in [0.2, 0.25) is 0 Å². The summed E-state index contributed by atoms with van der Waals surface area (Å²) < 4.78 is 6.75. The highest BCUT2D eigenvalue weighted by atomic mass is 16.3. The van der Waals surface area contributed by atoms with E-state index in [4.69, 9.17) is 4.42 Å². The number of anilines is 3. The lowest BCUT2D eigenvalue weighted by atomic mass is 9.80. The predicted octanol–water partition coefficient (Wildman–Crippen LogP) is 16.6. The third-order valence-corrected chi connectivity index (χ3v) is 14.0. The summed E-state index contributed by atoms with van der Waals surface area (Å²) in [6, 6.07) is 75.9. The molecule has 2 aliphatic rings. The van der Waals surface area contributed by atoms with Crippen molar-refractivity contribution in [1.29, 1.82) is 0 Å². The summed E-state index contributed by atoms with van der Waals surface area (Å²) in [5, 5.41) is 2.37. The summed E-state index contributed by atoms with van der Waals surface area (Å²) in [5.41, 5.74) is 22.5. The summed E-state index contributed by atoms with van der Waals surface area (Å²) in [6.07, 6.45) is 2.93. The Bertz CT molecular complexity index is 3340. The molecule has 1 atom stereocenters. The van der Waals surface area contributed by atoms with Gasteiger partial charge in [0.25, 0.3) is 0 Å².